The molecule has 1 atom stereocenters. The Bertz CT molecular complexity index is 803. The summed E-state index contributed by atoms with van der Waals surface area (Å²) in [5.74, 6) is -4.70. The van der Waals surface area contributed by atoms with E-state index in [1.807, 2.05) is 0 Å². The van der Waals surface area contributed by atoms with E-state index in [4.69, 9.17) is 9.47 Å². The van der Waals surface area contributed by atoms with Crippen molar-refractivity contribution in [3.8, 4) is 11.8 Å². The second-order valence-electron chi connectivity index (χ2n) is 5.40. The maximum Gasteiger partial charge on any atom is 0.257 e. The van der Waals surface area contributed by atoms with Gasteiger partial charge in [0.15, 0.2) is 17.5 Å². The summed E-state index contributed by atoms with van der Waals surface area (Å²) in [6.07, 6.45) is 2.93. The summed E-state index contributed by atoms with van der Waals surface area (Å²) in [6, 6.07) is 1.65. The number of likely N-dealkylation sites (tertiary alicyclic amines) is 1. The SMILES string of the molecule is COc1cncc(OC2CCN(C(=O)c3ccc(F)c(F)c3F)C2)n1. The van der Waals surface area contributed by atoms with Crippen molar-refractivity contribution >= 4 is 5.91 Å². The quantitative estimate of drug-likeness (QED) is 0.789. The van der Waals surface area contributed by atoms with E-state index in [0.717, 1.165) is 12.1 Å². The number of nitrogens with zero attached hydrogens (tertiary/aromatic N) is 3. The Kier molecular flexibility index (Phi) is 4.73. The molecule has 0 aliphatic carbocycles. The zero-order valence-electron chi connectivity index (χ0n) is 13.2. The lowest BCUT2D eigenvalue weighted by Gasteiger charge is -2.17. The van der Waals surface area contributed by atoms with Crippen LogP contribution in [0.1, 0.15) is 16.8 Å². The molecule has 1 aromatic heterocycles. The van der Waals surface area contributed by atoms with Gasteiger partial charge in [0, 0.05) is 13.0 Å². The van der Waals surface area contributed by atoms with E-state index < -0.39 is 28.9 Å². The van der Waals surface area contributed by atoms with Crippen molar-refractivity contribution in [1.29, 1.82) is 0 Å². The zero-order valence-corrected chi connectivity index (χ0v) is 13.2. The number of aromatic nitrogens is 2. The van der Waals surface area contributed by atoms with Gasteiger partial charge >= 0.3 is 0 Å². The van der Waals surface area contributed by atoms with Crippen molar-refractivity contribution in [3.05, 3.63) is 47.5 Å². The fourth-order valence-electron chi connectivity index (χ4n) is 2.53. The number of carbonyl (C=O) groups is 1. The zero-order chi connectivity index (χ0) is 18.0. The topological polar surface area (TPSA) is 64.6 Å². The van der Waals surface area contributed by atoms with E-state index in [-0.39, 0.29) is 24.4 Å². The summed E-state index contributed by atoms with van der Waals surface area (Å²) >= 11 is 0. The molecular formula is C16H14F3N3O3. The van der Waals surface area contributed by atoms with E-state index in [1.165, 1.54) is 24.4 Å². The maximum absolute atomic E-state index is 13.8. The van der Waals surface area contributed by atoms with E-state index in [0.29, 0.717) is 13.0 Å². The van der Waals surface area contributed by atoms with Crippen LogP contribution in [0, 0.1) is 17.5 Å². The van der Waals surface area contributed by atoms with Gasteiger partial charge in [0.25, 0.3) is 5.91 Å². The standard InChI is InChI=1S/C16H14F3N3O3/c1-24-12-6-20-7-13(21-12)25-9-4-5-22(8-9)16(23)10-2-3-11(17)15(19)14(10)18/h2-3,6-7,9H,4-5,8H2,1H3. The van der Waals surface area contributed by atoms with E-state index in [9.17, 15) is 18.0 Å². The first-order valence-electron chi connectivity index (χ1n) is 7.45. The molecular weight excluding hydrogens is 339 g/mol. The summed E-state index contributed by atoms with van der Waals surface area (Å²) < 4.78 is 50.6. The van der Waals surface area contributed by atoms with Crippen molar-refractivity contribution in [1.82, 2.24) is 14.9 Å². The molecule has 2 aromatic rings. The van der Waals surface area contributed by atoms with E-state index in [1.54, 1.807) is 0 Å². The van der Waals surface area contributed by atoms with Crippen LogP contribution >= 0.6 is 0 Å². The van der Waals surface area contributed by atoms with Crippen LogP contribution in [-0.4, -0.2) is 47.1 Å². The number of ether oxygens (including phenoxy) is 2. The molecule has 1 aliphatic heterocycles. The van der Waals surface area contributed by atoms with Crippen LogP contribution in [0.5, 0.6) is 11.8 Å². The third-order valence-electron chi connectivity index (χ3n) is 3.78. The van der Waals surface area contributed by atoms with Crippen molar-refractivity contribution in [2.24, 2.45) is 0 Å². The summed E-state index contributed by atoms with van der Waals surface area (Å²) in [5.41, 5.74) is -0.513. The van der Waals surface area contributed by atoms with Gasteiger partial charge in [0.05, 0.1) is 31.6 Å². The van der Waals surface area contributed by atoms with Crippen LogP contribution in [0.15, 0.2) is 24.5 Å². The predicted molar refractivity (Wildman–Crippen MR) is 79.8 cm³/mol. The van der Waals surface area contributed by atoms with Crippen LogP contribution in [0.25, 0.3) is 0 Å². The third kappa shape index (κ3) is 3.49. The molecule has 9 heteroatoms. The van der Waals surface area contributed by atoms with Crippen LogP contribution in [0.4, 0.5) is 13.2 Å². The van der Waals surface area contributed by atoms with Crippen LogP contribution < -0.4 is 9.47 Å². The minimum Gasteiger partial charge on any atom is -0.480 e. The molecule has 0 spiro atoms. The number of hydrogen-bond acceptors (Lipinski definition) is 5. The molecule has 0 saturated carbocycles. The normalized spacial score (nSPS) is 16.8. The van der Waals surface area contributed by atoms with Gasteiger partial charge in [-0.05, 0) is 12.1 Å². The molecule has 1 unspecified atom stereocenters. The molecule has 0 bridgehead atoms. The molecule has 25 heavy (non-hydrogen) atoms. The predicted octanol–water partition coefficient (Wildman–Crippen LogP) is 2.20. The highest BCUT2D eigenvalue weighted by Gasteiger charge is 2.31. The summed E-state index contributed by atoms with van der Waals surface area (Å²) in [6.45, 7) is 0.454. The number of carbonyl (C=O) groups excluding carboxylic acids is 1. The van der Waals surface area contributed by atoms with Crippen molar-refractivity contribution in [3.63, 3.8) is 0 Å². The largest absolute Gasteiger partial charge is 0.480 e. The van der Waals surface area contributed by atoms with Gasteiger partial charge in [-0.2, -0.15) is 4.98 Å². The first-order valence-corrected chi connectivity index (χ1v) is 7.45. The number of hydrogen-bond donors (Lipinski definition) is 0. The lowest BCUT2D eigenvalue weighted by atomic mass is 10.1. The first kappa shape index (κ1) is 17.0. The Morgan fingerprint density at radius 2 is 1.96 bits per heavy atom. The van der Waals surface area contributed by atoms with Crippen molar-refractivity contribution in [2.75, 3.05) is 20.2 Å². The van der Waals surface area contributed by atoms with Crippen LogP contribution in [0.2, 0.25) is 0 Å². The fraction of sp³-hybridized carbons (Fsp3) is 0.312. The minimum absolute atomic E-state index is 0.163. The number of halogens is 3. The average Bonchev–Trinajstić information content (AvgIpc) is 3.08. The van der Waals surface area contributed by atoms with Gasteiger partial charge in [-0.3, -0.25) is 9.78 Å². The van der Waals surface area contributed by atoms with Gasteiger partial charge in [0.1, 0.15) is 6.10 Å². The molecule has 1 aromatic carbocycles. The molecule has 1 aliphatic rings. The molecule has 3 rings (SSSR count). The Morgan fingerprint density at radius 3 is 2.72 bits per heavy atom. The highest BCUT2D eigenvalue weighted by Crippen LogP contribution is 2.22. The van der Waals surface area contributed by atoms with Crippen molar-refractivity contribution in [2.45, 2.75) is 12.5 Å². The Hall–Kier alpha value is -2.84. The van der Waals surface area contributed by atoms with Crippen LogP contribution in [0.3, 0.4) is 0 Å². The highest BCUT2D eigenvalue weighted by atomic mass is 19.2. The number of methoxy groups -OCH3 is 1. The van der Waals surface area contributed by atoms with Gasteiger partial charge < -0.3 is 14.4 Å². The molecule has 1 amide bonds. The van der Waals surface area contributed by atoms with Gasteiger partial charge in [-0.25, -0.2) is 13.2 Å². The Morgan fingerprint density at radius 1 is 1.20 bits per heavy atom. The van der Waals surface area contributed by atoms with Gasteiger partial charge in [0.2, 0.25) is 11.8 Å². The Labute approximate surface area is 141 Å². The Balaban J connectivity index is 1.68. The lowest BCUT2D eigenvalue weighted by molar-refractivity contribution is 0.0765. The molecule has 0 N–H and O–H groups in total. The summed E-state index contributed by atoms with van der Waals surface area (Å²) in [4.78, 5) is 21.6. The lowest BCUT2D eigenvalue weighted by Crippen LogP contribution is -2.31. The number of benzene rings is 1. The molecule has 132 valence electrons. The van der Waals surface area contributed by atoms with E-state index >= 15 is 0 Å². The second kappa shape index (κ2) is 6.96. The average molecular weight is 353 g/mol. The first-order chi connectivity index (χ1) is 12.0. The molecule has 1 fully saturated rings. The highest BCUT2D eigenvalue weighted by molar-refractivity contribution is 5.94. The summed E-state index contributed by atoms with van der Waals surface area (Å²) in [7, 11) is 1.44. The number of amides is 1. The fourth-order valence-corrected chi connectivity index (χ4v) is 2.53. The smallest absolute Gasteiger partial charge is 0.257 e. The molecule has 6 nitrogen and oxygen atoms in total. The molecule has 1 saturated heterocycles. The third-order valence-corrected chi connectivity index (χ3v) is 3.78. The number of rotatable bonds is 4. The minimum atomic E-state index is -1.66. The summed E-state index contributed by atoms with van der Waals surface area (Å²) in [5, 5.41) is 0. The second-order valence-corrected chi connectivity index (χ2v) is 5.40. The van der Waals surface area contributed by atoms with Gasteiger partial charge in [-0.1, -0.05) is 0 Å². The molecule has 2 heterocycles. The van der Waals surface area contributed by atoms with Crippen molar-refractivity contribution < 1.29 is 27.4 Å². The molecule has 0 radical (unpaired) electrons. The van der Waals surface area contributed by atoms with E-state index in [2.05, 4.69) is 9.97 Å². The monoisotopic (exact) mass is 353 g/mol. The maximum atomic E-state index is 13.8. The van der Waals surface area contributed by atoms with Gasteiger partial charge in [-0.15, -0.1) is 0 Å². The van der Waals surface area contributed by atoms with Crippen LogP contribution in [-0.2, 0) is 0 Å².